The van der Waals surface area contributed by atoms with Crippen LogP contribution in [0.15, 0.2) is 48.5 Å². The number of aliphatic hydroxyl groups is 1. The lowest BCUT2D eigenvalue weighted by molar-refractivity contribution is 0.199. The normalized spacial score (nSPS) is 16.4. The minimum atomic E-state index is -0.420. The zero-order valence-electron chi connectivity index (χ0n) is 11.9. The van der Waals surface area contributed by atoms with Gasteiger partial charge in [0.2, 0.25) is 0 Å². The second kappa shape index (κ2) is 5.68. The number of hydrogen-bond donors (Lipinski definition) is 1. The number of anilines is 1. The van der Waals surface area contributed by atoms with E-state index in [0.29, 0.717) is 0 Å². The van der Waals surface area contributed by atoms with Crippen molar-refractivity contribution in [1.29, 1.82) is 0 Å². The zero-order valence-corrected chi connectivity index (χ0v) is 11.9. The molecule has 20 heavy (non-hydrogen) atoms. The van der Waals surface area contributed by atoms with E-state index in [0.717, 1.165) is 31.5 Å². The Morgan fingerprint density at radius 3 is 2.05 bits per heavy atom. The van der Waals surface area contributed by atoms with E-state index in [1.54, 1.807) is 0 Å². The SMILES string of the molecule is C[C@@H](O)c1ccccc1N1CCc2ccccc2CC1. The van der Waals surface area contributed by atoms with Gasteiger partial charge in [-0.05, 0) is 37.0 Å². The Hall–Kier alpha value is -1.80. The van der Waals surface area contributed by atoms with Gasteiger partial charge in [0, 0.05) is 24.3 Å². The summed E-state index contributed by atoms with van der Waals surface area (Å²) in [7, 11) is 0. The summed E-state index contributed by atoms with van der Waals surface area (Å²) in [6.45, 7) is 3.87. The monoisotopic (exact) mass is 267 g/mol. The first-order chi connectivity index (χ1) is 9.75. The molecule has 0 saturated heterocycles. The zero-order chi connectivity index (χ0) is 13.9. The molecule has 2 nitrogen and oxygen atoms in total. The maximum atomic E-state index is 9.95. The number of nitrogens with zero attached hydrogens (tertiary/aromatic N) is 1. The number of rotatable bonds is 2. The highest BCUT2D eigenvalue weighted by Crippen LogP contribution is 2.28. The van der Waals surface area contributed by atoms with Gasteiger partial charge in [-0.3, -0.25) is 0 Å². The van der Waals surface area contributed by atoms with Crippen molar-refractivity contribution in [2.75, 3.05) is 18.0 Å². The quantitative estimate of drug-likeness (QED) is 0.902. The molecule has 0 aromatic heterocycles. The van der Waals surface area contributed by atoms with Crippen molar-refractivity contribution in [3.05, 3.63) is 65.2 Å². The summed E-state index contributed by atoms with van der Waals surface area (Å²) in [4.78, 5) is 2.40. The van der Waals surface area contributed by atoms with Crippen LogP contribution in [-0.2, 0) is 12.8 Å². The number of fused-ring (bicyclic) bond motifs is 1. The molecular weight excluding hydrogens is 246 g/mol. The molecule has 1 aliphatic heterocycles. The first-order valence-corrected chi connectivity index (χ1v) is 7.34. The van der Waals surface area contributed by atoms with Gasteiger partial charge in [0.05, 0.1) is 6.10 Å². The molecule has 0 saturated carbocycles. The third-order valence-electron chi connectivity index (χ3n) is 4.15. The van der Waals surface area contributed by atoms with Crippen LogP contribution in [0.5, 0.6) is 0 Å². The Morgan fingerprint density at radius 1 is 0.900 bits per heavy atom. The highest BCUT2D eigenvalue weighted by molar-refractivity contribution is 5.55. The molecule has 1 heterocycles. The van der Waals surface area contributed by atoms with Gasteiger partial charge < -0.3 is 10.0 Å². The molecule has 0 aliphatic carbocycles. The highest BCUT2D eigenvalue weighted by Gasteiger charge is 2.17. The van der Waals surface area contributed by atoms with Gasteiger partial charge in [-0.15, -0.1) is 0 Å². The molecule has 0 unspecified atom stereocenters. The lowest BCUT2D eigenvalue weighted by Crippen LogP contribution is -2.27. The smallest absolute Gasteiger partial charge is 0.0781 e. The van der Waals surface area contributed by atoms with E-state index in [2.05, 4.69) is 41.3 Å². The van der Waals surface area contributed by atoms with Crippen LogP contribution >= 0.6 is 0 Å². The Morgan fingerprint density at radius 2 is 1.45 bits per heavy atom. The topological polar surface area (TPSA) is 23.5 Å². The van der Waals surface area contributed by atoms with Crippen molar-refractivity contribution in [2.24, 2.45) is 0 Å². The summed E-state index contributed by atoms with van der Waals surface area (Å²) >= 11 is 0. The predicted octanol–water partition coefficient (Wildman–Crippen LogP) is 3.35. The minimum Gasteiger partial charge on any atom is -0.389 e. The van der Waals surface area contributed by atoms with Crippen molar-refractivity contribution < 1.29 is 5.11 Å². The standard InChI is InChI=1S/C18H21NO/c1-14(20)17-8-4-5-9-18(17)19-12-10-15-6-2-3-7-16(15)11-13-19/h2-9,14,20H,10-13H2,1H3/t14-/m1/s1. The first-order valence-electron chi connectivity index (χ1n) is 7.34. The largest absolute Gasteiger partial charge is 0.389 e. The van der Waals surface area contributed by atoms with Gasteiger partial charge in [0.15, 0.2) is 0 Å². The molecule has 1 atom stereocenters. The molecule has 1 aliphatic rings. The summed E-state index contributed by atoms with van der Waals surface area (Å²) in [6.07, 6.45) is 1.73. The maximum absolute atomic E-state index is 9.95. The van der Waals surface area contributed by atoms with Crippen LogP contribution in [-0.4, -0.2) is 18.2 Å². The van der Waals surface area contributed by atoms with Gasteiger partial charge in [0.25, 0.3) is 0 Å². The van der Waals surface area contributed by atoms with E-state index in [4.69, 9.17) is 0 Å². The van der Waals surface area contributed by atoms with E-state index >= 15 is 0 Å². The number of hydrogen-bond acceptors (Lipinski definition) is 2. The van der Waals surface area contributed by atoms with E-state index in [1.807, 2.05) is 19.1 Å². The summed E-state index contributed by atoms with van der Waals surface area (Å²) < 4.78 is 0. The lowest BCUT2D eigenvalue weighted by Gasteiger charge is -2.26. The average molecular weight is 267 g/mol. The molecule has 0 amide bonds. The van der Waals surface area contributed by atoms with Crippen LogP contribution in [0.25, 0.3) is 0 Å². The van der Waals surface area contributed by atoms with Gasteiger partial charge >= 0.3 is 0 Å². The lowest BCUT2D eigenvalue weighted by atomic mass is 10.0. The van der Waals surface area contributed by atoms with E-state index in [9.17, 15) is 5.11 Å². The first kappa shape index (κ1) is 13.2. The van der Waals surface area contributed by atoms with Gasteiger partial charge in [-0.2, -0.15) is 0 Å². The number of benzene rings is 2. The van der Waals surface area contributed by atoms with Crippen molar-refractivity contribution in [3.8, 4) is 0 Å². The average Bonchev–Trinajstić information content (AvgIpc) is 2.70. The summed E-state index contributed by atoms with van der Waals surface area (Å²) in [5, 5.41) is 9.95. The van der Waals surface area contributed by atoms with Crippen LogP contribution in [0.4, 0.5) is 5.69 Å². The molecule has 2 aromatic carbocycles. The van der Waals surface area contributed by atoms with E-state index in [1.165, 1.54) is 16.8 Å². The van der Waals surface area contributed by atoms with Gasteiger partial charge in [-0.25, -0.2) is 0 Å². The third-order valence-corrected chi connectivity index (χ3v) is 4.15. The van der Waals surface area contributed by atoms with Gasteiger partial charge in [0.1, 0.15) is 0 Å². The summed E-state index contributed by atoms with van der Waals surface area (Å²) in [5.41, 5.74) is 5.13. The fourth-order valence-electron chi connectivity index (χ4n) is 3.04. The highest BCUT2D eigenvalue weighted by atomic mass is 16.3. The van der Waals surface area contributed by atoms with E-state index < -0.39 is 6.10 Å². The van der Waals surface area contributed by atoms with Crippen molar-refractivity contribution in [1.82, 2.24) is 0 Å². The van der Waals surface area contributed by atoms with Crippen LogP contribution < -0.4 is 4.90 Å². The molecule has 3 rings (SSSR count). The predicted molar refractivity (Wildman–Crippen MR) is 83.1 cm³/mol. The maximum Gasteiger partial charge on any atom is 0.0781 e. The minimum absolute atomic E-state index is 0.420. The van der Waals surface area contributed by atoms with Crippen LogP contribution in [0.1, 0.15) is 29.7 Å². The molecule has 0 radical (unpaired) electrons. The second-order valence-electron chi connectivity index (χ2n) is 5.49. The fourth-order valence-corrected chi connectivity index (χ4v) is 3.04. The molecular formula is C18H21NO. The molecule has 2 aromatic rings. The van der Waals surface area contributed by atoms with Crippen molar-refractivity contribution in [2.45, 2.75) is 25.9 Å². The van der Waals surface area contributed by atoms with Crippen LogP contribution in [0.2, 0.25) is 0 Å². The Labute approximate surface area is 120 Å². The Bertz CT molecular complexity index is 564. The van der Waals surface area contributed by atoms with Crippen molar-refractivity contribution in [3.63, 3.8) is 0 Å². The number of aliphatic hydroxyl groups excluding tert-OH is 1. The Kier molecular flexibility index (Phi) is 3.75. The van der Waals surface area contributed by atoms with Crippen LogP contribution in [0.3, 0.4) is 0 Å². The van der Waals surface area contributed by atoms with Gasteiger partial charge in [-0.1, -0.05) is 42.5 Å². The fraction of sp³-hybridized carbons (Fsp3) is 0.333. The third kappa shape index (κ3) is 2.56. The Balaban J connectivity index is 1.87. The van der Waals surface area contributed by atoms with Crippen molar-refractivity contribution >= 4 is 5.69 Å². The number of para-hydroxylation sites is 1. The molecule has 104 valence electrons. The summed E-state index contributed by atoms with van der Waals surface area (Å²) in [5.74, 6) is 0. The molecule has 1 N–H and O–H groups in total. The van der Waals surface area contributed by atoms with E-state index in [-0.39, 0.29) is 0 Å². The molecule has 0 spiro atoms. The molecule has 0 fully saturated rings. The summed E-state index contributed by atoms with van der Waals surface area (Å²) in [6, 6.07) is 16.9. The molecule has 0 bridgehead atoms. The van der Waals surface area contributed by atoms with Crippen LogP contribution in [0, 0.1) is 0 Å². The second-order valence-corrected chi connectivity index (χ2v) is 5.49. The molecule has 2 heteroatoms.